The van der Waals surface area contributed by atoms with Crippen molar-refractivity contribution in [1.82, 2.24) is 9.80 Å². The van der Waals surface area contributed by atoms with Gasteiger partial charge in [-0.3, -0.25) is 4.79 Å². The number of para-hydroxylation sites is 1. The van der Waals surface area contributed by atoms with Crippen LogP contribution in [0.15, 0.2) is 30.3 Å². The highest BCUT2D eigenvalue weighted by atomic mass is 32.2. The van der Waals surface area contributed by atoms with Crippen LogP contribution in [0.2, 0.25) is 0 Å². The lowest BCUT2D eigenvalue weighted by Gasteiger charge is -2.37. The van der Waals surface area contributed by atoms with Crippen molar-refractivity contribution < 1.29 is 9.59 Å². The van der Waals surface area contributed by atoms with Gasteiger partial charge in [0.15, 0.2) is 0 Å². The van der Waals surface area contributed by atoms with E-state index in [1.165, 1.54) is 0 Å². The molecule has 0 saturated carbocycles. The number of benzene rings is 1. The Balaban J connectivity index is 1.57. The van der Waals surface area contributed by atoms with Crippen molar-refractivity contribution in [2.24, 2.45) is 5.92 Å². The normalized spacial score (nSPS) is 24.5. The molecule has 130 valence electrons. The van der Waals surface area contributed by atoms with E-state index in [1.54, 1.807) is 4.90 Å². The molecule has 2 aliphatic rings. The molecule has 3 amide bonds. The summed E-state index contributed by atoms with van der Waals surface area (Å²) < 4.78 is 0. The monoisotopic (exact) mass is 347 g/mol. The van der Waals surface area contributed by atoms with Crippen molar-refractivity contribution in [3.05, 3.63) is 30.3 Å². The van der Waals surface area contributed by atoms with Gasteiger partial charge in [0.1, 0.15) is 0 Å². The third kappa shape index (κ3) is 4.23. The lowest BCUT2D eigenvalue weighted by atomic mass is 9.96. The first-order chi connectivity index (χ1) is 11.6. The van der Waals surface area contributed by atoms with Gasteiger partial charge in [-0.15, -0.1) is 0 Å². The van der Waals surface area contributed by atoms with Gasteiger partial charge in [0.25, 0.3) is 0 Å². The Morgan fingerprint density at radius 1 is 1.12 bits per heavy atom. The minimum atomic E-state index is -0.110. The zero-order valence-electron chi connectivity index (χ0n) is 14.1. The fraction of sp³-hybridized carbons (Fsp3) is 0.556. The lowest BCUT2D eigenvalue weighted by molar-refractivity contribution is -0.136. The van der Waals surface area contributed by atoms with Crippen LogP contribution in [0.1, 0.15) is 19.8 Å². The standard InChI is InChI=1S/C18H25N3O2S/c1-14-12-20(10-11-24-14)17(22)15-6-5-9-21(13-15)18(23)19-16-7-3-2-4-8-16/h2-4,7-8,14-15H,5-6,9-13H2,1H3,(H,19,23). The summed E-state index contributed by atoms with van der Waals surface area (Å²) >= 11 is 1.92. The lowest BCUT2D eigenvalue weighted by Crippen LogP contribution is -2.50. The number of hydrogen-bond donors (Lipinski definition) is 1. The minimum absolute atomic E-state index is 0.0597. The van der Waals surface area contributed by atoms with Gasteiger partial charge in [-0.2, -0.15) is 11.8 Å². The SMILES string of the molecule is CC1CN(C(=O)C2CCCN(C(=O)Nc3ccccc3)C2)CCS1. The highest BCUT2D eigenvalue weighted by molar-refractivity contribution is 7.99. The molecule has 2 atom stereocenters. The summed E-state index contributed by atoms with van der Waals surface area (Å²) in [6, 6.07) is 9.35. The number of nitrogens with one attached hydrogen (secondary N) is 1. The first kappa shape index (κ1) is 17.1. The molecule has 0 radical (unpaired) electrons. The van der Waals surface area contributed by atoms with Crippen LogP contribution in [0.4, 0.5) is 10.5 Å². The van der Waals surface area contributed by atoms with Crippen molar-refractivity contribution >= 4 is 29.4 Å². The molecule has 2 unspecified atom stereocenters. The molecule has 2 heterocycles. The van der Waals surface area contributed by atoms with Gasteiger partial charge < -0.3 is 15.1 Å². The topological polar surface area (TPSA) is 52.7 Å². The number of amides is 3. The molecule has 24 heavy (non-hydrogen) atoms. The number of likely N-dealkylation sites (tertiary alicyclic amines) is 1. The van der Waals surface area contributed by atoms with Gasteiger partial charge in [-0.1, -0.05) is 25.1 Å². The van der Waals surface area contributed by atoms with Gasteiger partial charge in [-0.05, 0) is 25.0 Å². The molecule has 2 aliphatic heterocycles. The van der Waals surface area contributed by atoms with Crippen LogP contribution in [-0.2, 0) is 4.79 Å². The van der Waals surface area contributed by atoms with Crippen LogP contribution in [0, 0.1) is 5.92 Å². The second kappa shape index (κ2) is 7.92. The smallest absolute Gasteiger partial charge is 0.321 e. The molecule has 0 aliphatic carbocycles. The van der Waals surface area contributed by atoms with Crippen LogP contribution >= 0.6 is 11.8 Å². The van der Waals surface area contributed by atoms with E-state index in [0.717, 1.165) is 37.4 Å². The van der Waals surface area contributed by atoms with Crippen LogP contribution in [0.25, 0.3) is 0 Å². The predicted molar refractivity (Wildman–Crippen MR) is 98.3 cm³/mol. The molecule has 5 nitrogen and oxygen atoms in total. The first-order valence-electron chi connectivity index (χ1n) is 8.65. The van der Waals surface area contributed by atoms with Gasteiger partial charge in [-0.25, -0.2) is 4.79 Å². The number of thioether (sulfide) groups is 1. The number of hydrogen-bond acceptors (Lipinski definition) is 3. The van der Waals surface area contributed by atoms with Crippen LogP contribution in [-0.4, -0.2) is 58.9 Å². The van der Waals surface area contributed by atoms with E-state index in [-0.39, 0.29) is 17.9 Å². The van der Waals surface area contributed by atoms with Gasteiger partial charge >= 0.3 is 6.03 Å². The van der Waals surface area contributed by atoms with Gasteiger partial charge in [0, 0.05) is 42.9 Å². The molecule has 1 N–H and O–H groups in total. The maximum absolute atomic E-state index is 12.8. The molecule has 0 aromatic heterocycles. The molecule has 0 spiro atoms. The molecular formula is C18H25N3O2S. The Morgan fingerprint density at radius 3 is 2.67 bits per heavy atom. The van der Waals surface area contributed by atoms with E-state index in [0.29, 0.717) is 18.3 Å². The highest BCUT2D eigenvalue weighted by Crippen LogP contribution is 2.24. The fourth-order valence-corrected chi connectivity index (χ4v) is 4.38. The number of piperidine rings is 1. The largest absolute Gasteiger partial charge is 0.340 e. The Hall–Kier alpha value is -1.69. The van der Waals surface area contributed by atoms with E-state index in [2.05, 4.69) is 12.2 Å². The Kier molecular flexibility index (Phi) is 5.66. The van der Waals surface area contributed by atoms with Crippen molar-refractivity contribution in [1.29, 1.82) is 0 Å². The molecule has 1 aromatic carbocycles. The third-order valence-corrected chi connectivity index (χ3v) is 5.77. The number of rotatable bonds is 2. The molecule has 3 rings (SSSR count). The third-order valence-electron chi connectivity index (χ3n) is 4.64. The molecular weight excluding hydrogens is 322 g/mol. The Bertz CT molecular complexity index is 581. The minimum Gasteiger partial charge on any atom is -0.340 e. The molecule has 6 heteroatoms. The summed E-state index contributed by atoms with van der Waals surface area (Å²) in [6.45, 7) is 5.07. The second-order valence-corrected chi connectivity index (χ2v) is 8.09. The zero-order valence-corrected chi connectivity index (χ0v) is 14.9. The number of urea groups is 1. The van der Waals surface area contributed by atoms with E-state index in [4.69, 9.17) is 0 Å². The first-order valence-corrected chi connectivity index (χ1v) is 9.69. The van der Waals surface area contributed by atoms with E-state index in [1.807, 2.05) is 47.0 Å². The number of anilines is 1. The average molecular weight is 347 g/mol. The Labute approximate surface area is 147 Å². The van der Waals surface area contributed by atoms with E-state index in [9.17, 15) is 9.59 Å². The van der Waals surface area contributed by atoms with Crippen molar-refractivity contribution in [3.8, 4) is 0 Å². The van der Waals surface area contributed by atoms with Gasteiger partial charge in [0.05, 0.1) is 5.92 Å². The molecule has 2 fully saturated rings. The maximum atomic E-state index is 12.8. The summed E-state index contributed by atoms with van der Waals surface area (Å²) in [7, 11) is 0. The van der Waals surface area contributed by atoms with Crippen molar-refractivity contribution in [2.45, 2.75) is 25.0 Å². The molecule has 2 saturated heterocycles. The van der Waals surface area contributed by atoms with Crippen molar-refractivity contribution in [3.63, 3.8) is 0 Å². The summed E-state index contributed by atoms with van der Waals surface area (Å²) in [5.74, 6) is 1.17. The summed E-state index contributed by atoms with van der Waals surface area (Å²) in [5.41, 5.74) is 0.790. The number of nitrogens with zero attached hydrogens (tertiary/aromatic N) is 2. The fourth-order valence-electron chi connectivity index (χ4n) is 3.36. The second-order valence-electron chi connectivity index (χ2n) is 6.55. The Morgan fingerprint density at radius 2 is 1.92 bits per heavy atom. The van der Waals surface area contributed by atoms with Gasteiger partial charge in [0.2, 0.25) is 5.91 Å². The van der Waals surface area contributed by atoms with E-state index < -0.39 is 0 Å². The highest BCUT2D eigenvalue weighted by Gasteiger charge is 2.32. The van der Waals surface area contributed by atoms with Crippen molar-refractivity contribution in [2.75, 3.05) is 37.2 Å². The van der Waals surface area contributed by atoms with Crippen LogP contribution in [0.5, 0.6) is 0 Å². The zero-order chi connectivity index (χ0) is 16.9. The quantitative estimate of drug-likeness (QED) is 0.895. The van der Waals surface area contributed by atoms with Crippen LogP contribution in [0.3, 0.4) is 0 Å². The average Bonchev–Trinajstić information content (AvgIpc) is 2.62. The van der Waals surface area contributed by atoms with Crippen LogP contribution < -0.4 is 5.32 Å². The molecule has 0 bridgehead atoms. The summed E-state index contributed by atoms with van der Waals surface area (Å²) in [5, 5.41) is 3.42. The summed E-state index contributed by atoms with van der Waals surface area (Å²) in [4.78, 5) is 29.0. The molecule has 1 aromatic rings. The predicted octanol–water partition coefficient (Wildman–Crippen LogP) is 2.89. The van der Waals surface area contributed by atoms with E-state index >= 15 is 0 Å². The summed E-state index contributed by atoms with van der Waals surface area (Å²) in [6.07, 6.45) is 1.77. The number of carbonyl (C=O) groups excluding carboxylic acids is 2. The number of carbonyl (C=O) groups is 2. The maximum Gasteiger partial charge on any atom is 0.321 e.